The van der Waals surface area contributed by atoms with Crippen molar-refractivity contribution >= 4 is 11.7 Å². The number of hydrogen-bond acceptors (Lipinski definition) is 3. The third-order valence-corrected chi connectivity index (χ3v) is 3.67. The zero-order chi connectivity index (χ0) is 13.1. The second-order valence-corrected chi connectivity index (χ2v) is 4.99. The number of nitrogen functional groups attached to an aromatic ring is 1. The van der Waals surface area contributed by atoms with Crippen LogP contribution in [0.1, 0.15) is 43.9 Å². The Morgan fingerprint density at radius 1 is 1.50 bits per heavy atom. The van der Waals surface area contributed by atoms with E-state index in [9.17, 15) is 0 Å². The van der Waals surface area contributed by atoms with Crippen molar-refractivity contribution in [2.75, 3.05) is 11.4 Å². The Bertz CT molecular complexity index is 441. The first-order valence-electron chi connectivity index (χ1n) is 6.72. The van der Waals surface area contributed by atoms with Crippen LogP contribution in [0.3, 0.4) is 0 Å². The molecule has 0 spiro atoms. The molecule has 18 heavy (non-hydrogen) atoms. The minimum absolute atomic E-state index is 0.109. The first-order chi connectivity index (χ1) is 8.63. The molecule has 0 aromatic carbocycles. The average Bonchev–Trinajstić information content (AvgIpc) is 2.38. The second kappa shape index (κ2) is 5.38. The molecule has 3 N–H and O–H groups in total. The molecule has 1 aromatic heterocycles. The molecule has 4 heteroatoms. The Balaban J connectivity index is 2.41. The van der Waals surface area contributed by atoms with E-state index in [2.05, 4.69) is 16.8 Å². The second-order valence-electron chi connectivity index (χ2n) is 4.99. The molecule has 1 saturated heterocycles. The predicted molar refractivity (Wildman–Crippen MR) is 75.3 cm³/mol. The van der Waals surface area contributed by atoms with Gasteiger partial charge in [-0.3, -0.25) is 5.41 Å². The highest BCUT2D eigenvalue weighted by Gasteiger charge is 2.24. The van der Waals surface area contributed by atoms with E-state index in [4.69, 9.17) is 11.1 Å². The van der Waals surface area contributed by atoms with Gasteiger partial charge in [-0.25, -0.2) is 4.98 Å². The van der Waals surface area contributed by atoms with E-state index >= 15 is 0 Å². The van der Waals surface area contributed by atoms with Crippen molar-refractivity contribution in [1.29, 1.82) is 5.41 Å². The number of pyridine rings is 1. The summed E-state index contributed by atoms with van der Waals surface area (Å²) in [7, 11) is 0. The molecule has 98 valence electrons. The van der Waals surface area contributed by atoms with Crippen LogP contribution in [0.4, 0.5) is 5.82 Å². The monoisotopic (exact) mass is 246 g/mol. The molecular formula is C14H22N4. The van der Waals surface area contributed by atoms with Crippen LogP contribution in [-0.2, 0) is 0 Å². The van der Waals surface area contributed by atoms with Crippen LogP contribution in [0.15, 0.2) is 12.1 Å². The van der Waals surface area contributed by atoms with Gasteiger partial charge in [0.15, 0.2) is 0 Å². The Kier molecular flexibility index (Phi) is 3.84. The maximum Gasteiger partial charge on any atom is 0.140 e. The van der Waals surface area contributed by atoms with Gasteiger partial charge in [-0.05, 0) is 44.7 Å². The van der Waals surface area contributed by atoms with Crippen molar-refractivity contribution in [2.45, 2.75) is 45.6 Å². The summed E-state index contributed by atoms with van der Waals surface area (Å²) in [5, 5.41) is 7.70. The van der Waals surface area contributed by atoms with Crippen molar-refractivity contribution in [3.63, 3.8) is 0 Å². The molecule has 1 aromatic rings. The van der Waals surface area contributed by atoms with Crippen LogP contribution in [0, 0.1) is 12.3 Å². The number of rotatable bonds is 3. The SMILES string of the molecule is CCC1CCCCN1c1nc(C)ccc1C(=N)N. The van der Waals surface area contributed by atoms with Crippen molar-refractivity contribution in [3.8, 4) is 0 Å². The van der Waals surface area contributed by atoms with Crippen LogP contribution in [0.5, 0.6) is 0 Å². The quantitative estimate of drug-likeness (QED) is 0.636. The minimum atomic E-state index is 0.109. The van der Waals surface area contributed by atoms with E-state index in [-0.39, 0.29) is 5.84 Å². The highest BCUT2D eigenvalue weighted by molar-refractivity contribution is 5.99. The highest BCUT2D eigenvalue weighted by atomic mass is 15.2. The molecule has 1 atom stereocenters. The number of nitrogens with zero attached hydrogens (tertiary/aromatic N) is 2. The topological polar surface area (TPSA) is 66.0 Å². The summed E-state index contributed by atoms with van der Waals surface area (Å²) in [4.78, 5) is 6.96. The molecule has 1 unspecified atom stereocenters. The maximum atomic E-state index is 7.70. The van der Waals surface area contributed by atoms with Gasteiger partial charge in [0.05, 0.1) is 5.56 Å². The van der Waals surface area contributed by atoms with E-state index in [1.54, 1.807) is 0 Å². The van der Waals surface area contributed by atoms with Gasteiger partial charge in [0, 0.05) is 18.3 Å². The summed E-state index contributed by atoms with van der Waals surface area (Å²) in [5.74, 6) is 1.01. The third kappa shape index (κ3) is 2.47. The molecule has 4 nitrogen and oxygen atoms in total. The Hall–Kier alpha value is -1.58. The number of nitrogens with one attached hydrogen (secondary N) is 1. The van der Waals surface area contributed by atoms with Crippen molar-refractivity contribution in [3.05, 3.63) is 23.4 Å². The van der Waals surface area contributed by atoms with E-state index in [0.717, 1.165) is 30.0 Å². The number of amidine groups is 1. The van der Waals surface area contributed by atoms with Gasteiger partial charge < -0.3 is 10.6 Å². The van der Waals surface area contributed by atoms with Crippen LogP contribution in [0.25, 0.3) is 0 Å². The number of aromatic nitrogens is 1. The molecule has 0 aliphatic carbocycles. The van der Waals surface area contributed by atoms with Gasteiger partial charge in [0.25, 0.3) is 0 Å². The van der Waals surface area contributed by atoms with E-state index in [1.165, 1.54) is 19.3 Å². The third-order valence-electron chi connectivity index (χ3n) is 3.67. The number of nitrogens with two attached hydrogens (primary N) is 1. The highest BCUT2D eigenvalue weighted by Crippen LogP contribution is 2.27. The number of piperidine rings is 1. The molecule has 0 radical (unpaired) electrons. The van der Waals surface area contributed by atoms with Gasteiger partial charge in [0.1, 0.15) is 11.7 Å². The van der Waals surface area contributed by atoms with Crippen LogP contribution in [-0.4, -0.2) is 23.4 Å². The largest absolute Gasteiger partial charge is 0.384 e. The van der Waals surface area contributed by atoms with E-state index in [0.29, 0.717) is 6.04 Å². The lowest BCUT2D eigenvalue weighted by atomic mass is 9.99. The van der Waals surface area contributed by atoms with Gasteiger partial charge in [0.2, 0.25) is 0 Å². The molecule has 1 aliphatic rings. The summed E-state index contributed by atoms with van der Waals surface area (Å²) in [6.45, 7) is 5.22. The fraction of sp³-hybridized carbons (Fsp3) is 0.571. The summed E-state index contributed by atoms with van der Waals surface area (Å²) < 4.78 is 0. The summed E-state index contributed by atoms with van der Waals surface area (Å²) >= 11 is 0. The van der Waals surface area contributed by atoms with E-state index < -0.39 is 0 Å². The van der Waals surface area contributed by atoms with Crippen LogP contribution >= 0.6 is 0 Å². The van der Waals surface area contributed by atoms with Crippen molar-refractivity contribution < 1.29 is 0 Å². The molecule has 1 fully saturated rings. The fourth-order valence-electron chi connectivity index (χ4n) is 2.68. The number of anilines is 1. The lowest BCUT2D eigenvalue weighted by molar-refractivity contribution is 0.446. The number of aryl methyl sites for hydroxylation is 1. The molecule has 0 bridgehead atoms. The lowest BCUT2D eigenvalue weighted by Gasteiger charge is -2.37. The minimum Gasteiger partial charge on any atom is -0.384 e. The predicted octanol–water partition coefficient (Wildman–Crippen LogP) is 2.44. The molecule has 1 aliphatic heterocycles. The molecule has 0 saturated carbocycles. The maximum absolute atomic E-state index is 7.70. The summed E-state index contributed by atoms with van der Waals surface area (Å²) in [6, 6.07) is 4.37. The van der Waals surface area contributed by atoms with E-state index in [1.807, 2.05) is 19.1 Å². The van der Waals surface area contributed by atoms with Crippen LogP contribution < -0.4 is 10.6 Å². The fourth-order valence-corrected chi connectivity index (χ4v) is 2.68. The molecule has 2 rings (SSSR count). The zero-order valence-electron chi connectivity index (χ0n) is 11.2. The van der Waals surface area contributed by atoms with Gasteiger partial charge in [-0.15, -0.1) is 0 Å². The Labute approximate surface area is 109 Å². The normalized spacial score (nSPS) is 19.9. The molecular weight excluding hydrogens is 224 g/mol. The first-order valence-corrected chi connectivity index (χ1v) is 6.72. The lowest BCUT2D eigenvalue weighted by Crippen LogP contribution is -2.41. The summed E-state index contributed by atoms with van der Waals surface area (Å²) in [5.41, 5.74) is 7.42. The average molecular weight is 246 g/mol. The number of hydrogen-bond donors (Lipinski definition) is 2. The standard InChI is InChI=1S/C14H22N4/c1-3-11-6-4-5-9-18(11)14-12(13(15)16)8-7-10(2)17-14/h7-8,11H,3-6,9H2,1-2H3,(H3,15,16). The Morgan fingerprint density at radius 3 is 2.94 bits per heavy atom. The van der Waals surface area contributed by atoms with Crippen molar-refractivity contribution in [2.24, 2.45) is 5.73 Å². The Morgan fingerprint density at radius 2 is 2.28 bits per heavy atom. The smallest absolute Gasteiger partial charge is 0.140 e. The van der Waals surface area contributed by atoms with Gasteiger partial charge >= 0.3 is 0 Å². The van der Waals surface area contributed by atoms with Gasteiger partial charge in [-0.1, -0.05) is 6.92 Å². The molecule has 0 amide bonds. The zero-order valence-corrected chi connectivity index (χ0v) is 11.2. The first kappa shape index (κ1) is 12.9. The molecule has 2 heterocycles. The summed E-state index contributed by atoms with van der Waals surface area (Å²) in [6.07, 6.45) is 4.82. The van der Waals surface area contributed by atoms with Crippen LogP contribution in [0.2, 0.25) is 0 Å². The van der Waals surface area contributed by atoms with Crippen molar-refractivity contribution in [1.82, 2.24) is 4.98 Å². The van der Waals surface area contributed by atoms with Gasteiger partial charge in [-0.2, -0.15) is 0 Å².